The van der Waals surface area contributed by atoms with Gasteiger partial charge >= 0.3 is 12.1 Å². The molecular weight excluding hydrogens is 682 g/mol. The van der Waals surface area contributed by atoms with Crippen molar-refractivity contribution in [3.05, 3.63) is 118 Å². The predicted octanol–water partition coefficient (Wildman–Crippen LogP) is 6.51. The number of rotatable bonds is 13. The predicted molar refractivity (Wildman–Crippen MR) is 184 cm³/mol. The quantitative estimate of drug-likeness (QED) is 0.0755. The molecule has 0 spiro atoms. The lowest BCUT2D eigenvalue weighted by Gasteiger charge is -2.37. The molecule has 5 aromatic rings. The average molecular weight is 717 g/mol. The van der Waals surface area contributed by atoms with Crippen molar-refractivity contribution in [3.8, 4) is 11.3 Å². The molecule has 2 atom stereocenters. The van der Waals surface area contributed by atoms with E-state index in [1.54, 1.807) is 31.2 Å². The summed E-state index contributed by atoms with van der Waals surface area (Å²) < 4.78 is 53.0. The van der Waals surface area contributed by atoms with Crippen molar-refractivity contribution in [1.82, 2.24) is 24.6 Å². The molecule has 1 aliphatic heterocycles. The molecule has 3 aromatic carbocycles. The summed E-state index contributed by atoms with van der Waals surface area (Å²) in [6.45, 7) is 7.94. The van der Waals surface area contributed by atoms with Crippen molar-refractivity contribution in [2.24, 2.45) is 4.99 Å². The van der Waals surface area contributed by atoms with E-state index in [2.05, 4.69) is 26.7 Å². The lowest BCUT2D eigenvalue weighted by atomic mass is 9.81. The highest BCUT2D eigenvalue weighted by molar-refractivity contribution is 7.10. The Morgan fingerprint density at radius 2 is 1.82 bits per heavy atom. The number of carbonyl (C=O) groups is 2. The molecule has 264 valence electrons. The van der Waals surface area contributed by atoms with Crippen LogP contribution in [0.1, 0.15) is 39.3 Å². The van der Waals surface area contributed by atoms with Gasteiger partial charge in [-0.25, -0.2) is 33.0 Å². The van der Waals surface area contributed by atoms with Gasteiger partial charge in [-0.2, -0.15) is 5.10 Å². The van der Waals surface area contributed by atoms with Crippen LogP contribution in [-0.2, 0) is 37.6 Å². The number of benzene rings is 3. The number of nitrogens with zero attached hydrogens (tertiary/aromatic N) is 6. The Morgan fingerprint density at radius 3 is 2.51 bits per heavy atom. The second-order valence-electron chi connectivity index (χ2n) is 11.7. The zero-order valence-corrected chi connectivity index (χ0v) is 28.4. The average Bonchev–Trinajstić information content (AvgIpc) is 3.85. The molecule has 0 bridgehead atoms. The Morgan fingerprint density at radius 1 is 1.06 bits per heavy atom. The van der Waals surface area contributed by atoms with Crippen LogP contribution in [0.3, 0.4) is 0 Å². The number of thiazole rings is 1. The number of halogens is 2. The summed E-state index contributed by atoms with van der Waals surface area (Å²) >= 11 is 1.26. The highest BCUT2D eigenvalue weighted by Crippen LogP contribution is 2.45. The van der Waals surface area contributed by atoms with Crippen LogP contribution in [0.25, 0.3) is 11.3 Å². The Kier molecular flexibility index (Phi) is 11.2. The first-order chi connectivity index (χ1) is 24.7. The molecule has 3 heterocycles. The lowest BCUT2D eigenvalue weighted by Crippen LogP contribution is -2.43. The third-order valence-corrected chi connectivity index (χ3v) is 9.55. The van der Waals surface area contributed by atoms with Gasteiger partial charge in [0.25, 0.3) is 0 Å². The van der Waals surface area contributed by atoms with Crippen LogP contribution in [0.2, 0.25) is 0 Å². The minimum absolute atomic E-state index is 0.156. The van der Waals surface area contributed by atoms with Crippen LogP contribution >= 0.6 is 11.3 Å². The Balaban J connectivity index is 1.21. The molecule has 6 rings (SSSR count). The van der Waals surface area contributed by atoms with Gasteiger partial charge < -0.3 is 18.9 Å². The first kappa shape index (κ1) is 35.4. The van der Waals surface area contributed by atoms with E-state index in [-0.39, 0.29) is 17.7 Å². The van der Waals surface area contributed by atoms with E-state index < -0.39 is 42.1 Å². The van der Waals surface area contributed by atoms with Gasteiger partial charge in [0.2, 0.25) is 6.79 Å². The molecular formula is C36H34F2N6O6S. The molecule has 0 amide bonds. The molecule has 0 N–H and O–H groups in total. The zero-order valence-electron chi connectivity index (χ0n) is 27.6. The highest BCUT2D eigenvalue weighted by atomic mass is 32.1. The van der Waals surface area contributed by atoms with Gasteiger partial charge in [-0.1, -0.05) is 31.2 Å². The van der Waals surface area contributed by atoms with Crippen LogP contribution in [0, 0.1) is 11.6 Å². The first-order valence-electron chi connectivity index (χ1n) is 16.0. The van der Waals surface area contributed by atoms with Crippen molar-refractivity contribution >= 4 is 35.9 Å². The fourth-order valence-electron chi connectivity index (χ4n) is 5.73. The summed E-state index contributed by atoms with van der Waals surface area (Å²) in [5.74, 6) is -3.36. The van der Waals surface area contributed by atoms with Gasteiger partial charge in [0.05, 0.1) is 42.6 Å². The summed E-state index contributed by atoms with van der Waals surface area (Å²) in [7, 11) is 0. The summed E-state index contributed by atoms with van der Waals surface area (Å²) in [5, 5.41) is 6.44. The summed E-state index contributed by atoms with van der Waals surface area (Å²) in [6, 6.07) is 17.1. The maximum atomic E-state index is 15.7. The van der Waals surface area contributed by atoms with Crippen molar-refractivity contribution in [2.45, 2.75) is 31.5 Å². The topological polar surface area (TPSA) is 130 Å². The number of carbonyl (C=O) groups excluding carboxylic acids is 2. The van der Waals surface area contributed by atoms with Gasteiger partial charge in [-0.3, -0.25) is 9.89 Å². The molecule has 15 heteroatoms. The van der Waals surface area contributed by atoms with Crippen molar-refractivity contribution in [2.75, 3.05) is 33.1 Å². The number of hydrogen-bond acceptors (Lipinski definition) is 12. The van der Waals surface area contributed by atoms with Crippen LogP contribution < -0.4 is 0 Å². The lowest BCUT2D eigenvalue weighted by molar-refractivity contribution is -0.0881. The third-order valence-electron chi connectivity index (χ3n) is 8.52. The fraction of sp³-hybridized carbons (Fsp3) is 0.278. The normalized spacial score (nSPS) is 15.0. The minimum atomic E-state index is -1.89. The van der Waals surface area contributed by atoms with Crippen LogP contribution in [0.5, 0.6) is 0 Å². The molecule has 1 unspecified atom stereocenters. The molecule has 1 saturated heterocycles. The van der Waals surface area contributed by atoms with Gasteiger partial charge in [0.15, 0.2) is 5.60 Å². The monoisotopic (exact) mass is 716 g/mol. The molecule has 0 aliphatic carbocycles. The number of ether oxygens (including phenoxy) is 4. The van der Waals surface area contributed by atoms with Crippen LogP contribution in [0.4, 0.5) is 19.3 Å². The van der Waals surface area contributed by atoms with Crippen molar-refractivity contribution < 1.29 is 37.3 Å². The van der Waals surface area contributed by atoms with E-state index in [0.717, 1.165) is 36.8 Å². The zero-order chi connectivity index (χ0) is 35.8. The molecule has 0 saturated carbocycles. The molecule has 51 heavy (non-hydrogen) atoms. The molecule has 0 radical (unpaired) electrons. The maximum absolute atomic E-state index is 15.7. The fourth-order valence-corrected chi connectivity index (χ4v) is 6.70. The Hall–Kier alpha value is -5.38. The van der Waals surface area contributed by atoms with E-state index >= 15 is 4.39 Å². The smallest absolute Gasteiger partial charge is 0.424 e. The minimum Gasteiger partial charge on any atom is -0.424 e. The standard InChI is InChI=1S/C36H34F2N6O6S/c1-24(33-42-32(19-51-33)26-7-10-29(39-2)11-8-26)36(20-44-22-40-21-41-44,30-12-9-28(37)17-31(30)38)50-35(46)49-23-48-34(45)27-5-3-25(4-6-27)18-43-13-15-47-16-14-43/h3-12,17,19,21-22,24H,2,13-16,18,20,23H2,1H3/t24-,36?/m0/s1. The molecule has 2 aromatic heterocycles. The van der Waals surface area contributed by atoms with Gasteiger partial charge in [-0.15, -0.1) is 11.3 Å². The third kappa shape index (κ3) is 8.51. The van der Waals surface area contributed by atoms with E-state index in [1.165, 1.54) is 34.7 Å². The molecule has 1 aliphatic rings. The number of morpholine rings is 1. The van der Waals surface area contributed by atoms with Crippen molar-refractivity contribution in [1.29, 1.82) is 0 Å². The molecule has 1 fully saturated rings. The van der Waals surface area contributed by atoms with Crippen molar-refractivity contribution in [3.63, 3.8) is 0 Å². The Bertz CT molecular complexity index is 1950. The van der Waals surface area contributed by atoms with Gasteiger partial charge in [0.1, 0.15) is 29.3 Å². The summed E-state index contributed by atoms with van der Waals surface area (Å²) in [6.07, 6.45) is 1.37. The molecule has 12 nitrogen and oxygen atoms in total. The van der Waals surface area contributed by atoms with E-state index in [1.807, 2.05) is 29.6 Å². The largest absolute Gasteiger partial charge is 0.512 e. The van der Waals surface area contributed by atoms with Crippen LogP contribution in [-0.4, -0.2) is 76.6 Å². The number of aliphatic imine (C=N–C) groups is 1. The summed E-state index contributed by atoms with van der Waals surface area (Å²) in [4.78, 5) is 41.1. The van der Waals surface area contributed by atoms with E-state index in [0.29, 0.717) is 35.7 Å². The van der Waals surface area contributed by atoms with E-state index in [4.69, 9.17) is 23.9 Å². The number of hydrogen-bond donors (Lipinski definition) is 0. The highest BCUT2D eigenvalue weighted by Gasteiger charge is 2.47. The first-order valence-corrected chi connectivity index (χ1v) is 16.8. The number of aromatic nitrogens is 4. The summed E-state index contributed by atoms with van der Waals surface area (Å²) in [5.41, 5.74) is 1.34. The SMILES string of the molecule is C=Nc1ccc(-c2csc([C@H](C)C(Cn3cncn3)(OC(=O)OCOC(=O)c3ccc(CN4CCOCC4)cc3)c3ccc(F)cc3F)n2)cc1. The van der Waals surface area contributed by atoms with Gasteiger partial charge in [0, 0.05) is 42.2 Å². The Labute approximate surface area is 296 Å². The maximum Gasteiger partial charge on any atom is 0.512 e. The van der Waals surface area contributed by atoms with E-state index in [9.17, 15) is 14.0 Å². The second-order valence-corrected chi connectivity index (χ2v) is 12.6. The van der Waals surface area contributed by atoms with Crippen LogP contribution in [0.15, 0.2) is 89.8 Å². The number of esters is 1. The second kappa shape index (κ2) is 16.1. The van der Waals surface area contributed by atoms with Gasteiger partial charge in [-0.05, 0) is 48.7 Å².